The summed E-state index contributed by atoms with van der Waals surface area (Å²) in [4.78, 5) is 27.3. The smallest absolute Gasteiger partial charge is 0.236 e. The fourth-order valence-corrected chi connectivity index (χ4v) is 3.09. The van der Waals surface area contributed by atoms with Crippen molar-refractivity contribution in [1.82, 2.24) is 19.8 Å². The SMILES string of the molecule is CCOc1ccc(CN(C)C(=O)CN2CCN(c3ncccn3)CC2)cc1. The van der Waals surface area contributed by atoms with Crippen molar-refractivity contribution in [2.75, 3.05) is 51.3 Å². The van der Waals surface area contributed by atoms with Crippen LogP contribution in [0.2, 0.25) is 0 Å². The molecule has 0 spiro atoms. The van der Waals surface area contributed by atoms with Crippen molar-refractivity contribution in [3.63, 3.8) is 0 Å². The highest BCUT2D eigenvalue weighted by Crippen LogP contribution is 2.14. The van der Waals surface area contributed by atoms with Gasteiger partial charge < -0.3 is 14.5 Å². The lowest BCUT2D eigenvalue weighted by Gasteiger charge is -2.34. The van der Waals surface area contributed by atoms with Crippen LogP contribution in [0.1, 0.15) is 12.5 Å². The van der Waals surface area contributed by atoms with E-state index in [1.807, 2.05) is 44.3 Å². The van der Waals surface area contributed by atoms with Gasteiger partial charge in [-0.05, 0) is 30.7 Å². The fourth-order valence-electron chi connectivity index (χ4n) is 3.09. The summed E-state index contributed by atoms with van der Waals surface area (Å²) in [7, 11) is 1.85. The van der Waals surface area contributed by atoms with Crippen LogP contribution in [0.4, 0.5) is 5.95 Å². The standard InChI is InChI=1S/C20H27N5O2/c1-3-27-18-7-5-17(6-8-18)15-23(2)19(26)16-24-11-13-25(14-12-24)20-21-9-4-10-22-20/h4-10H,3,11-16H2,1-2H3. The number of likely N-dealkylation sites (N-methyl/N-ethyl adjacent to an activating group) is 1. The molecule has 0 unspecified atom stereocenters. The molecule has 1 saturated heterocycles. The maximum atomic E-state index is 12.6. The Morgan fingerprint density at radius 3 is 2.41 bits per heavy atom. The van der Waals surface area contributed by atoms with E-state index in [-0.39, 0.29) is 5.91 Å². The summed E-state index contributed by atoms with van der Waals surface area (Å²) in [6.45, 7) is 7.00. The van der Waals surface area contributed by atoms with E-state index in [0.717, 1.165) is 43.4 Å². The second kappa shape index (κ2) is 9.32. The molecule has 7 heteroatoms. The van der Waals surface area contributed by atoms with E-state index in [4.69, 9.17) is 4.74 Å². The largest absolute Gasteiger partial charge is 0.494 e. The maximum absolute atomic E-state index is 12.6. The van der Waals surface area contributed by atoms with Crippen LogP contribution in [0.3, 0.4) is 0 Å². The molecule has 7 nitrogen and oxygen atoms in total. The predicted molar refractivity (Wildman–Crippen MR) is 105 cm³/mol. The summed E-state index contributed by atoms with van der Waals surface area (Å²) >= 11 is 0. The minimum atomic E-state index is 0.133. The van der Waals surface area contributed by atoms with Gasteiger partial charge in [-0.25, -0.2) is 9.97 Å². The Labute approximate surface area is 160 Å². The number of hydrogen-bond acceptors (Lipinski definition) is 6. The topological polar surface area (TPSA) is 61.8 Å². The number of ether oxygens (including phenoxy) is 1. The minimum Gasteiger partial charge on any atom is -0.494 e. The van der Waals surface area contributed by atoms with Crippen molar-refractivity contribution in [2.24, 2.45) is 0 Å². The molecule has 0 N–H and O–H groups in total. The molecule has 1 aliphatic rings. The number of carbonyl (C=O) groups excluding carboxylic acids is 1. The van der Waals surface area contributed by atoms with Gasteiger partial charge in [-0.3, -0.25) is 9.69 Å². The van der Waals surface area contributed by atoms with Crippen LogP contribution in [0, 0.1) is 0 Å². The molecule has 0 bridgehead atoms. The van der Waals surface area contributed by atoms with Crippen molar-refractivity contribution in [1.29, 1.82) is 0 Å². The number of rotatable bonds is 7. The second-order valence-electron chi connectivity index (χ2n) is 6.64. The Morgan fingerprint density at radius 1 is 1.11 bits per heavy atom. The lowest BCUT2D eigenvalue weighted by molar-refractivity contribution is -0.131. The summed E-state index contributed by atoms with van der Waals surface area (Å²) in [5.41, 5.74) is 1.10. The van der Waals surface area contributed by atoms with E-state index in [0.29, 0.717) is 19.7 Å². The van der Waals surface area contributed by atoms with Gasteiger partial charge in [0.15, 0.2) is 0 Å². The van der Waals surface area contributed by atoms with Gasteiger partial charge in [0.25, 0.3) is 0 Å². The van der Waals surface area contributed by atoms with Gasteiger partial charge in [0.2, 0.25) is 11.9 Å². The first-order valence-electron chi connectivity index (χ1n) is 9.35. The Kier molecular flexibility index (Phi) is 6.59. The molecule has 0 radical (unpaired) electrons. The summed E-state index contributed by atoms with van der Waals surface area (Å²) in [6, 6.07) is 9.73. The van der Waals surface area contributed by atoms with Gasteiger partial charge in [0, 0.05) is 52.2 Å². The molecular weight excluding hydrogens is 342 g/mol. The van der Waals surface area contributed by atoms with E-state index >= 15 is 0 Å². The molecular formula is C20H27N5O2. The van der Waals surface area contributed by atoms with E-state index in [1.54, 1.807) is 17.3 Å². The number of nitrogens with zero attached hydrogens (tertiary/aromatic N) is 5. The van der Waals surface area contributed by atoms with Gasteiger partial charge in [0.05, 0.1) is 13.2 Å². The third-order valence-corrected chi connectivity index (χ3v) is 4.65. The minimum absolute atomic E-state index is 0.133. The molecule has 0 aliphatic carbocycles. The average molecular weight is 369 g/mol. The summed E-state index contributed by atoms with van der Waals surface area (Å²) in [5.74, 6) is 1.75. The van der Waals surface area contributed by atoms with Crippen LogP contribution in [-0.2, 0) is 11.3 Å². The maximum Gasteiger partial charge on any atom is 0.236 e. The molecule has 0 atom stereocenters. The molecule has 1 fully saturated rings. The molecule has 1 amide bonds. The third kappa shape index (κ3) is 5.40. The van der Waals surface area contributed by atoms with Crippen LogP contribution in [-0.4, -0.2) is 72.1 Å². The van der Waals surface area contributed by atoms with Crippen LogP contribution < -0.4 is 9.64 Å². The van der Waals surface area contributed by atoms with Crippen molar-refractivity contribution in [3.05, 3.63) is 48.3 Å². The third-order valence-electron chi connectivity index (χ3n) is 4.65. The van der Waals surface area contributed by atoms with Crippen molar-refractivity contribution < 1.29 is 9.53 Å². The number of amides is 1. The molecule has 0 saturated carbocycles. The monoisotopic (exact) mass is 369 g/mol. The lowest BCUT2D eigenvalue weighted by Crippen LogP contribution is -2.50. The molecule has 1 aromatic heterocycles. The number of aromatic nitrogens is 2. The zero-order valence-corrected chi connectivity index (χ0v) is 16.0. The number of piperazine rings is 1. The first kappa shape index (κ1) is 19.1. The Bertz CT molecular complexity index is 715. The van der Waals surface area contributed by atoms with Crippen molar-refractivity contribution in [3.8, 4) is 5.75 Å². The van der Waals surface area contributed by atoms with Gasteiger partial charge in [0.1, 0.15) is 5.75 Å². The highest BCUT2D eigenvalue weighted by atomic mass is 16.5. The van der Waals surface area contributed by atoms with Crippen LogP contribution in [0.15, 0.2) is 42.7 Å². The predicted octanol–water partition coefficient (Wildman–Crippen LogP) is 1.66. The van der Waals surface area contributed by atoms with Crippen LogP contribution in [0.25, 0.3) is 0 Å². The van der Waals surface area contributed by atoms with Crippen LogP contribution >= 0.6 is 0 Å². The number of anilines is 1. The molecule has 27 heavy (non-hydrogen) atoms. The van der Waals surface area contributed by atoms with Gasteiger partial charge in [-0.2, -0.15) is 0 Å². The normalized spacial score (nSPS) is 14.8. The van der Waals surface area contributed by atoms with E-state index < -0.39 is 0 Å². The van der Waals surface area contributed by atoms with E-state index in [9.17, 15) is 4.79 Å². The van der Waals surface area contributed by atoms with E-state index in [1.165, 1.54) is 0 Å². The highest BCUT2D eigenvalue weighted by Gasteiger charge is 2.21. The highest BCUT2D eigenvalue weighted by molar-refractivity contribution is 5.78. The number of hydrogen-bond donors (Lipinski definition) is 0. The van der Waals surface area contributed by atoms with E-state index in [2.05, 4.69) is 19.8 Å². The van der Waals surface area contributed by atoms with Crippen molar-refractivity contribution >= 4 is 11.9 Å². The average Bonchev–Trinajstić information content (AvgIpc) is 2.71. The Morgan fingerprint density at radius 2 is 1.78 bits per heavy atom. The van der Waals surface area contributed by atoms with Gasteiger partial charge in [-0.15, -0.1) is 0 Å². The van der Waals surface area contributed by atoms with Crippen molar-refractivity contribution in [2.45, 2.75) is 13.5 Å². The van der Waals surface area contributed by atoms with Gasteiger partial charge in [-0.1, -0.05) is 12.1 Å². The molecule has 1 aromatic carbocycles. The first-order chi connectivity index (χ1) is 13.2. The number of carbonyl (C=O) groups is 1. The van der Waals surface area contributed by atoms with Gasteiger partial charge >= 0.3 is 0 Å². The Balaban J connectivity index is 1.44. The second-order valence-corrected chi connectivity index (χ2v) is 6.64. The molecule has 2 heterocycles. The zero-order valence-electron chi connectivity index (χ0n) is 16.0. The molecule has 2 aromatic rings. The quantitative estimate of drug-likeness (QED) is 0.740. The Hall–Kier alpha value is -2.67. The molecule has 3 rings (SSSR count). The fraction of sp³-hybridized carbons (Fsp3) is 0.450. The molecule has 144 valence electrons. The zero-order chi connectivity index (χ0) is 19.1. The first-order valence-corrected chi connectivity index (χ1v) is 9.35. The lowest BCUT2D eigenvalue weighted by atomic mass is 10.2. The van der Waals surface area contributed by atoms with Crippen LogP contribution in [0.5, 0.6) is 5.75 Å². The number of benzene rings is 1. The summed E-state index contributed by atoms with van der Waals surface area (Å²) in [6.07, 6.45) is 3.52. The molecule has 1 aliphatic heterocycles. The summed E-state index contributed by atoms with van der Waals surface area (Å²) < 4.78 is 5.45. The summed E-state index contributed by atoms with van der Waals surface area (Å²) in [5, 5.41) is 0.